The van der Waals surface area contributed by atoms with Crippen LogP contribution in [-0.2, 0) is 9.47 Å². The van der Waals surface area contributed by atoms with Crippen LogP contribution in [0.15, 0.2) is 36.8 Å². The number of hydrogen-bond acceptors (Lipinski definition) is 10. The van der Waals surface area contributed by atoms with Crippen LogP contribution in [-0.4, -0.2) is 106 Å². The zero-order chi connectivity index (χ0) is 34.6. The lowest BCUT2D eigenvalue weighted by Gasteiger charge is -2.47. The minimum absolute atomic E-state index is 0.0293. The molecule has 0 saturated carbocycles. The first-order valence-corrected chi connectivity index (χ1v) is 16.8. The minimum Gasteiger partial charge on any atom is -0.492 e. The van der Waals surface area contributed by atoms with E-state index in [0.717, 1.165) is 16.9 Å². The van der Waals surface area contributed by atoms with E-state index in [0.29, 0.717) is 75.5 Å². The molecular formula is C35H48N8O5. The number of rotatable bonds is 8. The fraction of sp³-hybridized carbons (Fsp3) is 0.571. The normalized spacial score (nSPS) is 18.4. The van der Waals surface area contributed by atoms with Crippen LogP contribution < -0.4 is 15.0 Å². The van der Waals surface area contributed by atoms with Gasteiger partial charge in [-0.05, 0) is 79.5 Å². The Bertz CT molecular complexity index is 1630. The molecule has 1 unspecified atom stereocenters. The topological polar surface area (TPSA) is 138 Å². The van der Waals surface area contributed by atoms with Crippen molar-refractivity contribution in [1.29, 1.82) is 5.26 Å². The quantitative estimate of drug-likeness (QED) is 0.348. The standard InChI is InChI=1S/C35H48N8O5/c1-8-46-28-17-29(31-27(18-36)20-38-43(31)22-28)26-9-10-30(37-19-26)41-13-11-35(12-14-41,39-32(44)47-24(2)3)23-40-15-16-42(25(4)21-40)33(45)48-34(5,6)7/h9-10,17,19-20,22,24-25H,8,11-16,21,23H2,1-7H3,(H,39,44). The second-order valence-electron chi connectivity index (χ2n) is 14.0. The number of hydrogen-bond donors (Lipinski definition) is 1. The Hall–Kier alpha value is -4.57. The number of nitriles is 1. The molecule has 0 aliphatic carbocycles. The van der Waals surface area contributed by atoms with Gasteiger partial charge in [-0.15, -0.1) is 0 Å². The molecule has 2 aliphatic rings. The van der Waals surface area contributed by atoms with E-state index in [1.165, 1.54) is 0 Å². The van der Waals surface area contributed by atoms with Crippen LogP contribution in [0.2, 0.25) is 0 Å². The molecule has 258 valence electrons. The molecule has 1 N–H and O–H groups in total. The maximum Gasteiger partial charge on any atom is 0.410 e. The molecule has 2 amide bonds. The highest BCUT2D eigenvalue weighted by Gasteiger charge is 2.41. The molecule has 0 aromatic carbocycles. The number of fused-ring (bicyclic) bond motifs is 1. The lowest BCUT2D eigenvalue weighted by Crippen LogP contribution is -2.64. The summed E-state index contributed by atoms with van der Waals surface area (Å²) in [5.41, 5.74) is 1.81. The Kier molecular flexibility index (Phi) is 10.3. The molecule has 0 bridgehead atoms. The van der Waals surface area contributed by atoms with Gasteiger partial charge in [0.1, 0.15) is 23.2 Å². The molecule has 13 heteroatoms. The molecule has 48 heavy (non-hydrogen) atoms. The van der Waals surface area contributed by atoms with E-state index >= 15 is 0 Å². The summed E-state index contributed by atoms with van der Waals surface area (Å²) in [5, 5.41) is 17.3. The van der Waals surface area contributed by atoms with E-state index < -0.39 is 17.2 Å². The van der Waals surface area contributed by atoms with Crippen molar-refractivity contribution in [3.05, 3.63) is 42.4 Å². The summed E-state index contributed by atoms with van der Waals surface area (Å²) in [7, 11) is 0. The van der Waals surface area contributed by atoms with Gasteiger partial charge < -0.3 is 29.3 Å². The third kappa shape index (κ3) is 8.10. The fourth-order valence-electron chi connectivity index (χ4n) is 6.52. The van der Waals surface area contributed by atoms with Gasteiger partial charge in [0.2, 0.25) is 0 Å². The van der Waals surface area contributed by atoms with Crippen molar-refractivity contribution in [3.8, 4) is 22.9 Å². The van der Waals surface area contributed by atoms with Gasteiger partial charge in [-0.25, -0.2) is 19.1 Å². The number of carbonyl (C=O) groups is 2. The summed E-state index contributed by atoms with van der Waals surface area (Å²) in [6, 6.07) is 8.13. The number of piperidine rings is 1. The zero-order valence-electron chi connectivity index (χ0n) is 29.2. The van der Waals surface area contributed by atoms with Crippen molar-refractivity contribution in [2.45, 2.75) is 84.6 Å². The molecule has 2 fully saturated rings. The Morgan fingerprint density at radius 1 is 1.15 bits per heavy atom. The van der Waals surface area contributed by atoms with Gasteiger partial charge in [-0.1, -0.05) is 0 Å². The Labute approximate surface area is 282 Å². The van der Waals surface area contributed by atoms with Gasteiger partial charge in [0, 0.05) is 62.6 Å². The number of nitrogens with zero attached hydrogens (tertiary/aromatic N) is 7. The maximum absolute atomic E-state index is 12.9. The van der Waals surface area contributed by atoms with Gasteiger partial charge >= 0.3 is 12.2 Å². The molecule has 5 heterocycles. The summed E-state index contributed by atoms with van der Waals surface area (Å²) in [5.74, 6) is 1.50. The van der Waals surface area contributed by atoms with Crippen LogP contribution in [0.25, 0.3) is 16.6 Å². The third-order valence-electron chi connectivity index (χ3n) is 8.70. The second kappa shape index (κ2) is 14.3. The van der Waals surface area contributed by atoms with E-state index in [9.17, 15) is 14.9 Å². The fourth-order valence-corrected chi connectivity index (χ4v) is 6.52. The van der Waals surface area contributed by atoms with Crippen LogP contribution in [0.1, 0.15) is 66.9 Å². The second-order valence-corrected chi connectivity index (χ2v) is 14.0. The number of nitrogens with one attached hydrogen (secondary N) is 1. The maximum atomic E-state index is 12.9. The Balaban J connectivity index is 1.29. The summed E-state index contributed by atoms with van der Waals surface area (Å²) in [6.07, 6.45) is 5.60. The molecule has 2 aliphatic heterocycles. The number of pyridine rings is 2. The SMILES string of the molecule is CCOc1cc(-c2ccc(N3CCC(CN4CCN(C(=O)OC(C)(C)C)C(C)C4)(NC(=O)OC(C)C)CC3)nc2)c2c(C#N)cnn2c1. The van der Waals surface area contributed by atoms with Crippen molar-refractivity contribution >= 4 is 23.5 Å². The van der Waals surface area contributed by atoms with Gasteiger partial charge in [0.15, 0.2) is 0 Å². The molecule has 3 aromatic rings. The third-order valence-corrected chi connectivity index (χ3v) is 8.70. The highest BCUT2D eigenvalue weighted by molar-refractivity contribution is 5.85. The van der Waals surface area contributed by atoms with E-state index in [2.05, 4.69) is 26.3 Å². The summed E-state index contributed by atoms with van der Waals surface area (Å²) in [4.78, 5) is 36.9. The molecule has 13 nitrogen and oxygen atoms in total. The molecule has 0 radical (unpaired) electrons. The lowest BCUT2D eigenvalue weighted by atomic mass is 9.86. The highest BCUT2D eigenvalue weighted by atomic mass is 16.6. The van der Waals surface area contributed by atoms with Crippen molar-refractivity contribution in [1.82, 2.24) is 29.7 Å². The van der Waals surface area contributed by atoms with Crippen molar-refractivity contribution < 1.29 is 23.8 Å². The van der Waals surface area contributed by atoms with E-state index in [-0.39, 0.29) is 18.2 Å². The van der Waals surface area contributed by atoms with Crippen LogP contribution >= 0.6 is 0 Å². The van der Waals surface area contributed by atoms with Crippen LogP contribution in [0.3, 0.4) is 0 Å². The summed E-state index contributed by atoms with van der Waals surface area (Å²) < 4.78 is 18.6. The number of aromatic nitrogens is 3. The predicted octanol–water partition coefficient (Wildman–Crippen LogP) is 5.08. The average molecular weight is 661 g/mol. The number of alkyl carbamates (subject to hydrolysis) is 1. The number of piperazine rings is 1. The van der Waals surface area contributed by atoms with Gasteiger partial charge in [-0.3, -0.25) is 4.90 Å². The van der Waals surface area contributed by atoms with E-state index in [1.54, 1.807) is 21.8 Å². The van der Waals surface area contributed by atoms with Crippen LogP contribution in [0.5, 0.6) is 5.75 Å². The molecular weight excluding hydrogens is 612 g/mol. The number of anilines is 1. The van der Waals surface area contributed by atoms with Crippen molar-refractivity contribution in [2.75, 3.05) is 50.8 Å². The van der Waals surface area contributed by atoms with Crippen LogP contribution in [0, 0.1) is 11.3 Å². The Morgan fingerprint density at radius 3 is 2.50 bits per heavy atom. The minimum atomic E-state index is -0.552. The number of carbonyl (C=O) groups excluding carboxylic acids is 2. The molecule has 0 spiro atoms. The first-order chi connectivity index (χ1) is 22.8. The summed E-state index contributed by atoms with van der Waals surface area (Å²) >= 11 is 0. The van der Waals surface area contributed by atoms with Gasteiger partial charge in [0.05, 0.1) is 41.7 Å². The lowest BCUT2D eigenvalue weighted by molar-refractivity contribution is -0.00286. The largest absolute Gasteiger partial charge is 0.492 e. The zero-order valence-corrected chi connectivity index (χ0v) is 29.2. The molecule has 2 saturated heterocycles. The van der Waals surface area contributed by atoms with Crippen LogP contribution in [0.4, 0.5) is 15.4 Å². The van der Waals surface area contributed by atoms with Crippen molar-refractivity contribution in [3.63, 3.8) is 0 Å². The van der Waals surface area contributed by atoms with E-state index in [1.807, 2.05) is 72.9 Å². The van der Waals surface area contributed by atoms with Gasteiger partial charge in [-0.2, -0.15) is 10.4 Å². The van der Waals surface area contributed by atoms with Gasteiger partial charge in [0.25, 0.3) is 0 Å². The Morgan fingerprint density at radius 2 is 1.90 bits per heavy atom. The predicted molar refractivity (Wildman–Crippen MR) is 182 cm³/mol. The number of ether oxygens (including phenoxy) is 3. The average Bonchev–Trinajstić information content (AvgIpc) is 3.43. The molecule has 1 atom stereocenters. The first kappa shape index (κ1) is 34.8. The monoisotopic (exact) mass is 660 g/mol. The van der Waals surface area contributed by atoms with Crippen molar-refractivity contribution in [2.24, 2.45) is 0 Å². The molecule has 5 rings (SSSR count). The first-order valence-electron chi connectivity index (χ1n) is 16.8. The summed E-state index contributed by atoms with van der Waals surface area (Å²) in [6.45, 7) is 17.7. The van der Waals surface area contributed by atoms with E-state index in [4.69, 9.17) is 19.2 Å². The smallest absolute Gasteiger partial charge is 0.410 e. The number of amides is 2. The molecule has 3 aromatic heterocycles. The highest BCUT2D eigenvalue weighted by Crippen LogP contribution is 2.33.